The van der Waals surface area contributed by atoms with Crippen LogP contribution in [-0.2, 0) is 14.4 Å². The molecule has 0 aliphatic carbocycles. The fraction of sp³-hybridized carbons (Fsp3) is 0.769. The Morgan fingerprint density at radius 3 is 2.60 bits per heavy atom. The molecule has 0 bridgehead atoms. The van der Waals surface area contributed by atoms with Crippen LogP contribution in [0.15, 0.2) is 0 Å². The maximum Gasteiger partial charge on any atom is 0.326 e. The Kier molecular flexibility index (Phi) is 7.00. The minimum atomic E-state index is -1.14. The lowest BCUT2D eigenvalue weighted by molar-refractivity contribution is -0.142. The molecular weight excluding hydrogens is 262 g/mol. The van der Waals surface area contributed by atoms with Gasteiger partial charge in [-0.3, -0.25) is 9.59 Å². The molecule has 5 N–H and O–H groups in total. The molecule has 0 aromatic carbocycles. The number of primary amides is 1. The van der Waals surface area contributed by atoms with Crippen molar-refractivity contribution in [1.29, 1.82) is 0 Å². The molecule has 1 saturated heterocycles. The van der Waals surface area contributed by atoms with Crippen LogP contribution < -0.4 is 16.4 Å². The van der Waals surface area contributed by atoms with Crippen LogP contribution in [0.1, 0.15) is 44.9 Å². The number of carbonyl (C=O) groups is 3. The zero-order valence-electron chi connectivity index (χ0n) is 11.6. The van der Waals surface area contributed by atoms with Crippen LogP contribution in [0.5, 0.6) is 0 Å². The van der Waals surface area contributed by atoms with Crippen LogP contribution in [0.2, 0.25) is 0 Å². The predicted octanol–water partition coefficient (Wildman–Crippen LogP) is -0.256. The third kappa shape index (κ3) is 6.51. The van der Waals surface area contributed by atoms with Crippen molar-refractivity contribution in [3.63, 3.8) is 0 Å². The van der Waals surface area contributed by atoms with Crippen molar-refractivity contribution in [3.05, 3.63) is 0 Å². The van der Waals surface area contributed by atoms with Gasteiger partial charge in [-0.2, -0.15) is 0 Å². The van der Waals surface area contributed by atoms with E-state index in [-0.39, 0.29) is 25.2 Å². The molecule has 0 saturated carbocycles. The average molecular weight is 285 g/mol. The number of carbonyl (C=O) groups excluding carboxylic acids is 2. The summed E-state index contributed by atoms with van der Waals surface area (Å²) in [6, 6.07) is -0.710. The second kappa shape index (κ2) is 8.52. The molecule has 0 aromatic rings. The maximum atomic E-state index is 11.7. The van der Waals surface area contributed by atoms with Gasteiger partial charge in [0.1, 0.15) is 6.04 Å². The van der Waals surface area contributed by atoms with Crippen molar-refractivity contribution in [1.82, 2.24) is 10.6 Å². The molecule has 2 amide bonds. The average Bonchev–Trinajstić information content (AvgIpc) is 2.41. The van der Waals surface area contributed by atoms with Crippen LogP contribution in [0.3, 0.4) is 0 Å². The molecule has 1 rings (SSSR count). The van der Waals surface area contributed by atoms with Gasteiger partial charge in [0.15, 0.2) is 0 Å². The molecule has 1 fully saturated rings. The van der Waals surface area contributed by atoms with Gasteiger partial charge < -0.3 is 21.5 Å². The molecule has 1 aliphatic heterocycles. The van der Waals surface area contributed by atoms with Gasteiger partial charge in [-0.05, 0) is 32.2 Å². The highest BCUT2D eigenvalue weighted by atomic mass is 16.4. The molecule has 1 heterocycles. The lowest BCUT2D eigenvalue weighted by Gasteiger charge is -2.23. The highest BCUT2D eigenvalue weighted by Crippen LogP contribution is 2.11. The fourth-order valence-corrected chi connectivity index (χ4v) is 2.29. The quantitative estimate of drug-likeness (QED) is 0.489. The van der Waals surface area contributed by atoms with Gasteiger partial charge in [0, 0.05) is 18.9 Å². The molecule has 0 radical (unpaired) electrons. The van der Waals surface area contributed by atoms with Crippen LogP contribution in [0, 0.1) is 0 Å². The van der Waals surface area contributed by atoms with E-state index in [9.17, 15) is 14.4 Å². The summed E-state index contributed by atoms with van der Waals surface area (Å²) in [5.74, 6) is -2.01. The number of carboxylic acids is 1. The van der Waals surface area contributed by atoms with E-state index in [1.807, 2.05) is 0 Å². The Balaban J connectivity index is 2.29. The second-order valence-corrected chi connectivity index (χ2v) is 5.15. The van der Waals surface area contributed by atoms with Gasteiger partial charge in [0.2, 0.25) is 11.8 Å². The number of amides is 2. The number of rotatable bonds is 8. The molecule has 0 aromatic heterocycles. The first kappa shape index (κ1) is 16.4. The van der Waals surface area contributed by atoms with Crippen molar-refractivity contribution in [2.75, 3.05) is 6.54 Å². The summed E-state index contributed by atoms with van der Waals surface area (Å²) in [5, 5.41) is 14.7. The Hall–Kier alpha value is -1.63. The summed E-state index contributed by atoms with van der Waals surface area (Å²) < 4.78 is 0. The third-order valence-electron chi connectivity index (χ3n) is 3.44. The lowest BCUT2D eigenvalue weighted by Crippen LogP contribution is -2.42. The highest BCUT2D eigenvalue weighted by molar-refractivity contribution is 5.84. The van der Waals surface area contributed by atoms with Gasteiger partial charge in [-0.1, -0.05) is 6.42 Å². The minimum absolute atomic E-state index is 0.0259. The summed E-state index contributed by atoms with van der Waals surface area (Å²) in [4.78, 5) is 33.4. The number of piperidine rings is 1. The van der Waals surface area contributed by atoms with Crippen LogP contribution in [-0.4, -0.2) is 41.5 Å². The van der Waals surface area contributed by atoms with E-state index in [4.69, 9.17) is 10.8 Å². The van der Waals surface area contributed by atoms with Crippen molar-refractivity contribution in [3.8, 4) is 0 Å². The largest absolute Gasteiger partial charge is 0.480 e. The van der Waals surface area contributed by atoms with E-state index in [1.54, 1.807) is 0 Å². The number of carboxylic acid groups (broad SMARTS) is 1. The second-order valence-electron chi connectivity index (χ2n) is 5.15. The number of hydrogen-bond acceptors (Lipinski definition) is 4. The molecule has 20 heavy (non-hydrogen) atoms. The van der Waals surface area contributed by atoms with Gasteiger partial charge in [-0.25, -0.2) is 4.79 Å². The number of aliphatic carboxylic acids is 1. The van der Waals surface area contributed by atoms with Gasteiger partial charge in [-0.15, -0.1) is 0 Å². The van der Waals surface area contributed by atoms with Crippen LogP contribution in [0.25, 0.3) is 0 Å². The summed E-state index contributed by atoms with van der Waals surface area (Å²) in [5.41, 5.74) is 4.98. The van der Waals surface area contributed by atoms with Crippen molar-refractivity contribution in [2.24, 2.45) is 5.73 Å². The molecule has 1 aliphatic rings. The highest BCUT2D eigenvalue weighted by Gasteiger charge is 2.21. The van der Waals surface area contributed by atoms with E-state index < -0.39 is 17.9 Å². The van der Waals surface area contributed by atoms with Crippen LogP contribution in [0.4, 0.5) is 0 Å². The Morgan fingerprint density at radius 1 is 1.30 bits per heavy atom. The molecule has 2 atom stereocenters. The first-order chi connectivity index (χ1) is 9.49. The summed E-state index contributed by atoms with van der Waals surface area (Å²) >= 11 is 0. The Bertz CT molecular complexity index is 354. The van der Waals surface area contributed by atoms with E-state index in [0.29, 0.717) is 12.5 Å². The molecule has 0 spiro atoms. The summed E-state index contributed by atoms with van der Waals surface area (Å²) in [7, 11) is 0. The van der Waals surface area contributed by atoms with E-state index in [1.165, 1.54) is 0 Å². The monoisotopic (exact) mass is 285 g/mol. The zero-order chi connectivity index (χ0) is 15.0. The summed E-state index contributed by atoms with van der Waals surface area (Å²) in [6.07, 6.45) is 4.34. The molecule has 7 nitrogen and oxygen atoms in total. The van der Waals surface area contributed by atoms with E-state index in [0.717, 1.165) is 25.8 Å². The predicted molar refractivity (Wildman–Crippen MR) is 72.9 cm³/mol. The zero-order valence-corrected chi connectivity index (χ0v) is 11.6. The third-order valence-corrected chi connectivity index (χ3v) is 3.44. The first-order valence-electron chi connectivity index (χ1n) is 7.03. The van der Waals surface area contributed by atoms with Gasteiger partial charge >= 0.3 is 5.97 Å². The topological polar surface area (TPSA) is 122 Å². The van der Waals surface area contributed by atoms with Crippen molar-refractivity contribution >= 4 is 17.8 Å². The number of hydrogen-bond donors (Lipinski definition) is 4. The molecule has 7 heteroatoms. The standard InChI is InChI=1S/C13H23N3O4/c14-11(17)6-5-10(13(19)20)16-12(18)7-4-9-3-1-2-8-15-9/h9-10,15H,1-8H2,(H2,14,17)(H,16,18)(H,19,20). The number of nitrogens with one attached hydrogen (secondary N) is 2. The normalized spacial score (nSPS) is 20.1. The smallest absolute Gasteiger partial charge is 0.326 e. The lowest BCUT2D eigenvalue weighted by atomic mass is 10.0. The van der Waals surface area contributed by atoms with Crippen molar-refractivity contribution < 1.29 is 19.5 Å². The molecule has 2 unspecified atom stereocenters. The van der Waals surface area contributed by atoms with Crippen LogP contribution >= 0.6 is 0 Å². The molecule has 114 valence electrons. The van der Waals surface area contributed by atoms with Crippen molar-refractivity contribution in [2.45, 2.75) is 57.0 Å². The Morgan fingerprint density at radius 2 is 2.05 bits per heavy atom. The van der Waals surface area contributed by atoms with Gasteiger partial charge in [0.05, 0.1) is 0 Å². The first-order valence-corrected chi connectivity index (χ1v) is 7.03. The SMILES string of the molecule is NC(=O)CCC(NC(=O)CCC1CCCCN1)C(=O)O. The van der Waals surface area contributed by atoms with E-state index >= 15 is 0 Å². The molecular formula is C13H23N3O4. The number of nitrogens with two attached hydrogens (primary N) is 1. The Labute approximate surface area is 118 Å². The van der Waals surface area contributed by atoms with E-state index in [2.05, 4.69) is 10.6 Å². The summed E-state index contributed by atoms with van der Waals surface area (Å²) in [6.45, 7) is 0.975. The minimum Gasteiger partial charge on any atom is -0.480 e. The fourth-order valence-electron chi connectivity index (χ4n) is 2.29. The maximum absolute atomic E-state index is 11.7. The van der Waals surface area contributed by atoms with Gasteiger partial charge in [0.25, 0.3) is 0 Å².